The van der Waals surface area contributed by atoms with Gasteiger partial charge in [0.1, 0.15) is 11.6 Å². The van der Waals surface area contributed by atoms with E-state index in [0.717, 1.165) is 11.5 Å². The van der Waals surface area contributed by atoms with E-state index in [-0.39, 0.29) is 0 Å². The molecule has 0 aliphatic heterocycles. The van der Waals surface area contributed by atoms with E-state index in [2.05, 4.69) is 4.98 Å². The summed E-state index contributed by atoms with van der Waals surface area (Å²) in [6, 6.07) is 0. The molecule has 1 fully saturated rings. The Balaban J connectivity index is 2.46. The van der Waals surface area contributed by atoms with Crippen molar-refractivity contribution in [3.05, 3.63) is 11.5 Å². The molecule has 11 heavy (non-hydrogen) atoms. The first kappa shape index (κ1) is 6.70. The monoisotopic (exact) mass is 151 g/mol. The van der Waals surface area contributed by atoms with Crippen LogP contribution in [0.3, 0.4) is 0 Å². The number of rotatable bonds is 1. The zero-order valence-electron chi connectivity index (χ0n) is 6.96. The van der Waals surface area contributed by atoms with Gasteiger partial charge in [0, 0.05) is 13.0 Å². The van der Waals surface area contributed by atoms with Crippen molar-refractivity contribution in [3.63, 3.8) is 0 Å². The quantitative estimate of drug-likeness (QED) is 0.655. The summed E-state index contributed by atoms with van der Waals surface area (Å²) in [4.78, 5) is 4.41. The molecule has 1 heterocycles. The molecule has 0 spiro atoms. The predicted octanol–water partition coefficient (Wildman–Crippen LogP) is 1.19. The van der Waals surface area contributed by atoms with Crippen LogP contribution in [-0.2, 0) is 7.05 Å². The van der Waals surface area contributed by atoms with E-state index >= 15 is 0 Å². The Labute approximate surface area is 66.2 Å². The minimum atomic E-state index is 0.691. The maximum absolute atomic E-state index is 5.77. The number of nitrogen functional groups attached to an aromatic ring is 1. The third kappa shape index (κ3) is 0.914. The molecule has 1 saturated carbocycles. The van der Waals surface area contributed by atoms with Crippen molar-refractivity contribution < 1.29 is 0 Å². The normalized spacial score (nSPS) is 17.3. The summed E-state index contributed by atoms with van der Waals surface area (Å²) >= 11 is 0. The highest BCUT2D eigenvalue weighted by Crippen LogP contribution is 2.39. The molecule has 3 heteroatoms. The number of nitrogens with two attached hydrogens (primary N) is 1. The Kier molecular flexibility index (Phi) is 1.22. The summed E-state index contributed by atoms with van der Waals surface area (Å²) in [6.45, 7) is 1.96. The zero-order valence-corrected chi connectivity index (χ0v) is 6.96. The third-order valence-electron chi connectivity index (χ3n) is 2.30. The molecule has 0 saturated heterocycles. The number of hydrogen-bond donors (Lipinski definition) is 1. The lowest BCUT2D eigenvalue weighted by atomic mass is 10.4. The first-order valence-electron chi connectivity index (χ1n) is 3.99. The van der Waals surface area contributed by atoms with E-state index in [0.29, 0.717) is 5.92 Å². The zero-order chi connectivity index (χ0) is 8.01. The standard InChI is InChI=1S/C8H13N3/c1-5-7(9)11(2)8(10-5)6-3-4-6/h6H,3-4,9H2,1-2H3. The molecule has 0 amide bonds. The summed E-state index contributed by atoms with van der Waals surface area (Å²) in [7, 11) is 1.99. The van der Waals surface area contributed by atoms with Gasteiger partial charge in [0.15, 0.2) is 0 Å². The summed E-state index contributed by atoms with van der Waals surface area (Å²) < 4.78 is 2.01. The fraction of sp³-hybridized carbons (Fsp3) is 0.625. The topological polar surface area (TPSA) is 43.8 Å². The van der Waals surface area contributed by atoms with E-state index in [1.54, 1.807) is 0 Å². The number of aromatic nitrogens is 2. The molecule has 2 N–H and O–H groups in total. The first-order chi connectivity index (χ1) is 5.20. The van der Waals surface area contributed by atoms with Crippen molar-refractivity contribution >= 4 is 5.82 Å². The molecule has 0 unspecified atom stereocenters. The average molecular weight is 151 g/mol. The molecule has 0 bridgehead atoms. The highest BCUT2D eigenvalue weighted by atomic mass is 15.1. The molecule has 0 radical (unpaired) electrons. The second-order valence-corrected chi connectivity index (χ2v) is 3.27. The molecular weight excluding hydrogens is 138 g/mol. The van der Waals surface area contributed by atoms with Crippen LogP contribution in [-0.4, -0.2) is 9.55 Å². The molecule has 0 atom stereocenters. The maximum Gasteiger partial charge on any atom is 0.126 e. The Morgan fingerprint density at radius 1 is 1.55 bits per heavy atom. The SMILES string of the molecule is Cc1nc(C2CC2)n(C)c1N. The molecule has 3 nitrogen and oxygen atoms in total. The van der Waals surface area contributed by atoms with Crippen molar-refractivity contribution in [2.24, 2.45) is 7.05 Å². The smallest absolute Gasteiger partial charge is 0.126 e. The minimum absolute atomic E-state index is 0.691. The highest BCUT2D eigenvalue weighted by Gasteiger charge is 2.28. The van der Waals surface area contributed by atoms with Gasteiger partial charge in [-0.3, -0.25) is 0 Å². The van der Waals surface area contributed by atoms with Gasteiger partial charge >= 0.3 is 0 Å². The van der Waals surface area contributed by atoms with Gasteiger partial charge in [0.05, 0.1) is 5.69 Å². The van der Waals surface area contributed by atoms with Crippen molar-refractivity contribution in [2.45, 2.75) is 25.7 Å². The van der Waals surface area contributed by atoms with Gasteiger partial charge < -0.3 is 10.3 Å². The first-order valence-corrected chi connectivity index (χ1v) is 3.99. The number of imidazole rings is 1. The van der Waals surface area contributed by atoms with Crippen molar-refractivity contribution in [2.75, 3.05) is 5.73 Å². The van der Waals surface area contributed by atoms with Gasteiger partial charge in [-0.2, -0.15) is 0 Å². The Bertz CT molecular complexity index is 284. The van der Waals surface area contributed by atoms with Crippen LogP contribution in [0.25, 0.3) is 0 Å². The fourth-order valence-corrected chi connectivity index (χ4v) is 1.38. The van der Waals surface area contributed by atoms with Crippen LogP contribution in [0.5, 0.6) is 0 Å². The molecule has 1 aromatic rings. The van der Waals surface area contributed by atoms with E-state index in [1.807, 2.05) is 18.5 Å². The average Bonchev–Trinajstić information content (AvgIpc) is 2.76. The van der Waals surface area contributed by atoms with Crippen molar-refractivity contribution in [1.82, 2.24) is 9.55 Å². The molecule has 1 aliphatic rings. The minimum Gasteiger partial charge on any atom is -0.384 e. The van der Waals surface area contributed by atoms with Gasteiger partial charge in [-0.15, -0.1) is 0 Å². The van der Waals surface area contributed by atoms with Gasteiger partial charge in [0.25, 0.3) is 0 Å². The lowest BCUT2D eigenvalue weighted by molar-refractivity contribution is 0.806. The van der Waals surface area contributed by atoms with Crippen LogP contribution < -0.4 is 5.73 Å². The second-order valence-electron chi connectivity index (χ2n) is 3.27. The van der Waals surface area contributed by atoms with Gasteiger partial charge in [-0.05, 0) is 19.8 Å². The van der Waals surface area contributed by atoms with Crippen molar-refractivity contribution in [1.29, 1.82) is 0 Å². The predicted molar refractivity (Wildman–Crippen MR) is 44.3 cm³/mol. The van der Waals surface area contributed by atoms with Crippen LogP contribution in [0.1, 0.15) is 30.3 Å². The van der Waals surface area contributed by atoms with Gasteiger partial charge in [-0.1, -0.05) is 0 Å². The fourth-order valence-electron chi connectivity index (χ4n) is 1.38. The molecule has 2 rings (SSSR count). The third-order valence-corrected chi connectivity index (χ3v) is 2.30. The largest absolute Gasteiger partial charge is 0.384 e. The number of anilines is 1. The summed E-state index contributed by atoms with van der Waals surface area (Å²) in [5.74, 6) is 2.67. The van der Waals surface area contributed by atoms with E-state index in [1.165, 1.54) is 18.7 Å². The molecule has 1 aliphatic carbocycles. The van der Waals surface area contributed by atoms with Crippen molar-refractivity contribution in [3.8, 4) is 0 Å². The van der Waals surface area contributed by atoms with Crippen LogP contribution in [0, 0.1) is 6.92 Å². The van der Waals surface area contributed by atoms with Crippen LogP contribution >= 0.6 is 0 Å². The number of nitrogens with zero attached hydrogens (tertiary/aromatic N) is 2. The second kappa shape index (κ2) is 2.00. The summed E-state index contributed by atoms with van der Waals surface area (Å²) in [5.41, 5.74) is 6.74. The van der Waals surface area contributed by atoms with Crippen LogP contribution in [0.2, 0.25) is 0 Å². The molecule has 1 aromatic heterocycles. The van der Waals surface area contributed by atoms with E-state index < -0.39 is 0 Å². The number of aryl methyl sites for hydroxylation is 1. The van der Waals surface area contributed by atoms with Gasteiger partial charge in [0.2, 0.25) is 0 Å². The summed E-state index contributed by atoms with van der Waals surface area (Å²) in [6.07, 6.45) is 2.56. The molecule has 60 valence electrons. The Hall–Kier alpha value is -0.990. The van der Waals surface area contributed by atoms with E-state index in [9.17, 15) is 0 Å². The lowest BCUT2D eigenvalue weighted by Crippen LogP contribution is -2.00. The van der Waals surface area contributed by atoms with Crippen LogP contribution in [0.15, 0.2) is 0 Å². The maximum atomic E-state index is 5.77. The van der Waals surface area contributed by atoms with E-state index in [4.69, 9.17) is 5.73 Å². The summed E-state index contributed by atoms with van der Waals surface area (Å²) in [5, 5.41) is 0. The van der Waals surface area contributed by atoms with Crippen LogP contribution in [0.4, 0.5) is 5.82 Å². The Morgan fingerprint density at radius 3 is 2.55 bits per heavy atom. The lowest BCUT2D eigenvalue weighted by Gasteiger charge is -1.98. The van der Waals surface area contributed by atoms with Gasteiger partial charge in [-0.25, -0.2) is 4.98 Å². The molecular formula is C8H13N3. The molecule has 0 aromatic carbocycles. The highest BCUT2D eigenvalue weighted by molar-refractivity contribution is 5.38. The number of hydrogen-bond acceptors (Lipinski definition) is 2. The Morgan fingerprint density at radius 2 is 2.18 bits per heavy atom.